The monoisotopic (exact) mass is 561 g/mol. The summed E-state index contributed by atoms with van der Waals surface area (Å²) in [7, 11) is 4.23. The third kappa shape index (κ3) is 4.03. The highest BCUT2D eigenvalue weighted by Gasteiger charge is 2.23. The van der Waals surface area contributed by atoms with Gasteiger partial charge in [-0.1, -0.05) is 42.5 Å². The van der Waals surface area contributed by atoms with Crippen LogP contribution in [0.5, 0.6) is 0 Å². The quantitative estimate of drug-likeness (QED) is 0.204. The molecular formula is C38H31N3O2+2. The molecule has 0 aliphatic carbocycles. The Labute approximate surface area is 249 Å². The van der Waals surface area contributed by atoms with Crippen LogP contribution in [0.3, 0.4) is 0 Å². The summed E-state index contributed by atoms with van der Waals surface area (Å²) < 4.78 is 17.1. The summed E-state index contributed by atoms with van der Waals surface area (Å²) in [5, 5.41) is 4.44. The molecule has 0 saturated heterocycles. The third-order valence-corrected chi connectivity index (χ3v) is 8.69. The van der Waals surface area contributed by atoms with Crippen LogP contribution in [0.4, 0.5) is 0 Å². The van der Waals surface area contributed by atoms with Gasteiger partial charge in [0.1, 0.15) is 25.3 Å². The Morgan fingerprint density at radius 2 is 1.16 bits per heavy atom. The number of furan rings is 2. The minimum Gasteiger partial charge on any atom is -0.455 e. The predicted octanol–water partition coefficient (Wildman–Crippen LogP) is 8.07. The molecule has 0 radical (unpaired) electrons. The Balaban J connectivity index is 1.14. The smallest absolute Gasteiger partial charge is 0.227 e. The lowest BCUT2D eigenvalue weighted by atomic mass is 9.99. The third-order valence-electron chi connectivity index (χ3n) is 8.69. The molecule has 8 rings (SSSR count). The summed E-state index contributed by atoms with van der Waals surface area (Å²) in [6, 6.07) is 29.8. The molecule has 0 atom stereocenters. The molecule has 5 aromatic heterocycles. The van der Waals surface area contributed by atoms with Crippen molar-refractivity contribution < 1.29 is 18.0 Å². The number of benzene rings is 3. The number of rotatable bonds is 4. The van der Waals surface area contributed by atoms with E-state index in [2.05, 4.69) is 121 Å². The molecule has 8 aromatic rings. The normalized spacial score (nSPS) is 11.8. The van der Waals surface area contributed by atoms with Crippen molar-refractivity contribution in [1.82, 2.24) is 4.98 Å². The fraction of sp³-hybridized carbons (Fsp3) is 0.132. The SMILES string of the molecule is Cc1ccc2c(oc3ccccc32)c1-c1ccc(Cc2ccc(-c3c(C)ccc4c3oc3ncccc34)[n+](C)c2)c[n+]1C. The zero-order valence-electron chi connectivity index (χ0n) is 24.7. The van der Waals surface area contributed by atoms with Crippen molar-refractivity contribution in [3.63, 3.8) is 0 Å². The number of aromatic nitrogens is 3. The fourth-order valence-corrected chi connectivity index (χ4v) is 6.59. The van der Waals surface area contributed by atoms with Crippen molar-refractivity contribution in [1.29, 1.82) is 0 Å². The van der Waals surface area contributed by atoms with Crippen molar-refractivity contribution >= 4 is 44.0 Å². The van der Waals surface area contributed by atoms with Gasteiger partial charge < -0.3 is 8.83 Å². The lowest BCUT2D eigenvalue weighted by molar-refractivity contribution is -0.661. The minimum absolute atomic E-state index is 0.673. The molecule has 43 heavy (non-hydrogen) atoms. The number of fused-ring (bicyclic) bond motifs is 6. The van der Waals surface area contributed by atoms with Crippen LogP contribution in [0.15, 0.2) is 112 Å². The summed E-state index contributed by atoms with van der Waals surface area (Å²) >= 11 is 0. The van der Waals surface area contributed by atoms with Crippen molar-refractivity contribution in [3.05, 3.63) is 126 Å². The second kappa shape index (κ2) is 9.63. The number of aryl methyl sites for hydroxylation is 4. The number of nitrogens with zero attached hydrogens (tertiary/aromatic N) is 3. The summed E-state index contributed by atoms with van der Waals surface area (Å²) in [4.78, 5) is 4.45. The van der Waals surface area contributed by atoms with Crippen molar-refractivity contribution in [2.75, 3.05) is 0 Å². The van der Waals surface area contributed by atoms with Gasteiger partial charge in [0, 0.05) is 57.4 Å². The van der Waals surface area contributed by atoms with Gasteiger partial charge in [0.15, 0.2) is 18.0 Å². The largest absolute Gasteiger partial charge is 0.455 e. The lowest BCUT2D eigenvalue weighted by Crippen LogP contribution is -2.32. The fourth-order valence-electron chi connectivity index (χ4n) is 6.59. The van der Waals surface area contributed by atoms with Gasteiger partial charge in [-0.3, -0.25) is 0 Å². The van der Waals surface area contributed by atoms with Gasteiger partial charge in [0.25, 0.3) is 0 Å². The van der Waals surface area contributed by atoms with Gasteiger partial charge in [0.05, 0.1) is 11.1 Å². The molecule has 208 valence electrons. The standard InChI is InChI=1S/C38H31N3O2/c1-23-11-15-28-27-8-5-6-10-33(27)42-36(28)34(23)31-17-13-25(21-40(31)3)20-26-14-18-32(41(4)22-26)35-24(2)12-16-29-30-9-7-19-39-38(30)43-37(29)35/h5-19,21-22H,20H2,1-4H3/q+2. The Morgan fingerprint density at radius 3 is 1.81 bits per heavy atom. The van der Waals surface area contributed by atoms with E-state index in [0.29, 0.717) is 5.71 Å². The molecule has 0 bridgehead atoms. The molecule has 0 aliphatic rings. The predicted molar refractivity (Wildman–Crippen MR) is 171 cm³/mol. The van der Waals surface area contributed by atoms with E-state index >= 15 is 0 Å². The Morgan fingerprint density at radius 1 is 0.581 bits per heavy atom. The maximum absolute atomic E-state index is 6.39. The van der Waals surface area contributed by atoms with Gasteiger partial charge in [-0.2, -0.15) is 0 Å². The summed E-state index contributed by atoms with van der Waals surface area (Å²) in [6.07, 6.45) is 7.06. The average Bonchev–Trinajstić information content (AvgIpc) is 3.57. The van der Waals surface area contributed by atoms with Crippen LogP contribution in [0.1, 0.15) is 22.3 Å². The van der Waals surface area contributed by atoms with Gasteiger partial charge in [-0.25, -0.2) is 14.1 Å². The van der Waals surface area contributed by atoms with Crippen LogP contribution >= 0.6 is 0 Å². The first-order chi connectivity index (χ1) is 21.0. The van der Waals surface area contributed by atoms with Crippen LogP contribution in [-0.2, 0) is 20.5 Å². The Bertz CT molecular complexity index is 2210. The van der Waals surface area contributed by atoms with E-state index < -0.39 is 0 Å². The van der Waals surface area contributed by atoms with Crippen molar-refractivity contribution in [2.45, 2.75) is 20.3 Å². The minimum atomic E-state index is 0.673. The number of para-hydroxylation sites is 1. The topological polar surface area (TPSA) is 46.9 Å². The van der Waals surface area contributed by atoms with E-state index in [-0.39, 0.29) is 0 Å². The number of hydrogen-bond donors (Lipinski definition) is 0. The molecule has 0 spiro atoms. The second-order valence-corrected chi connectivity index (χ2v) is 11.6. The van der Waals surface area contributed by atoms with Crippen LogP contribution in [0, 0.1) is 13.8 Å². The first-order valence-electron chi connectivity index (χ1n) is 14.6. The van der Waals surface area contributed by atoms with Crippen LogP contribution in [0.2, 0.25) is 0 Å². The van der Waals surface area contributed by atoms with Gasteiger partial charge in [-0.15, -0.1) is 0 Å². The van der Waals surface area contributed by atoms with E-state index in [1.54, 1.807) is 6.20 Å². The highest BCUT2D eigenvalue weighted by Crippen LogP contribution is 2.38. The van der Waals surface area contributed by atoms with Gasteiger partial charge >= 0.3 is 0 Å². The highest BCUT2D eigenvalue weighted by atomic mass is 16.3. The van der Waals surface area contributed by atoms with E-state index in [1.165, 1.54) is 22.3 Å². The Kier molecular flexibility index (Phi) is 5.70. The summed E-state index contributed by atoms with van der Waals surface area (Å²) in [6.45, 7) is 4.29. The number of pyridine rings is 3. The van der Waals surface area contributed by atoms with Gasteiger partial charge in [0.2, 0.25) is 17.1 Å². The molecule has 0 fully saturated rings. The first kappa shape index (κ1) is 25.4. The van der Waals surface area contributed by atoms with Crippen LogP contribution in [0.25, 0.3) is 66.5 Å². The van der Waals surface area contributed by atoms with Gasteiger partial charge in [-0.05, 0) is 55.3 Å². The lowest BCUT2D eigenvalue weighted by Gasteiger charge is -2.08. The van der Waals surface area contributed by atoms with E-state index in [0.717, 1.165) is 67.2 Å². The zero-order valence-corrected chi connectivity index (χ0v) is 24.7. The molecular weight excluding hydrogens is 530 g/mol. The second-order valence-electron chi connectivity index (χ2n) is 11.6. The molecule has 0 saturated carbocycles. The van der Waals surface area contributed by atoms with Crippen LogP contribution in [-0.4, -0.2) is 4.98 Å². The maximum atomic E-state index is 6.39. The van der Waals surface area contributed by atoms with Crippen LogP contribution < -0.4 is 9.13 Å². The van der Waals surface area contributed by atoms with E-state index in [9.17, 15) is 0 Å². The zero-order chi connectivity index (χ0) is 29.2. The molecule has 0 N–H and O–H groups in total. The van der Waals surface area contributed by atoms with E-state index in [1.807, 2.05) is 18.2 Å². The maximum Gasteiger partial charge on any atom is 0.227 e. The molecule has 5 heteroatoms. The Hall–Kier alpha value is -5.29. The highest BCUT2D eigenvalue weighted by molar-refractivity contribution is 6.10. The average molecular weight is 562 g/mol. The molecule has 3 aromatic carbocycles. The van der Waals surface area contributed by atoms with Crippen molar-refractivity contribution in [2.24, 2.45) is 14.1 Å². The summed E-state index contributed by atoms with van der Waals surface area (Å²) in [5.74, 6) is 0. The summed E-state index contributed by atoms with van der Waals surface area (Å²) in [5.41, 5.74) is 12.8. The molecule has 0 amide bonds. The molecule has 5 heterocycles. The first-order valence-corrected chi connectivity index (χ1v) is 14.6. The molecule has 0 aliphatic heterocycles. The molecule has 0 unspecified atom stereocenters. The number of hydrogen-bond acceptors (Lipinski definition) is 3. The van der Waals surface area contributed by atoms with Crippen molar-refractivity contribution in [3.8, 4) is 22.5 Å². The van der Waals surface area contributed by atoms with E-state index in [4.69, 9.17) is 8.83 Å². The molecule has 5 nitrogen and oxygen atoms in total.